The predicted molar refractivity (Wildman–Crippen MR) is 88.9 cm³/mol. The fourth-order valence-corrected chi connectivity index (χ4v) is 2.54. The number of amides is 1. The second kappa shape index (κ2) is 5.91. The van der Waals surface area contributed by atoms with Gasteiger partial charge in [-0.25, -0.2) is 8.42 Å². The lowest BCUT2D eigenvalue weighted by atomic mass is 9.95. The summed E-state index contributed by atoms with van der Waals surface area (Å²) in [5.74, 6) is 0.536. The van der Waals surface area contributed by atoms with Crippen molar-refractivity contribution in [3.8, 4) is 0 Å². The van der Waals surface area contributed by atoms with Crippen molar-refractivity contribution < 1.29 is 13.2 Å². The first kappa shape index (κ1) is 16.8. The molecule has 0 bridgehead atoms. The highest BCUT2D eigenvalue weighted by Gasteiger charge is 2.24. The van der Waals surface area contributed by atoms with Crippen LogP contribution < -0.4 is 10.6 Å². The molecule has 0 radical (unpaired) electrons. The van der Waals surface area contributed by atoms with Crippen LogP contribution in [0.5, 0.6) is 0 Å². The molecule has 0 heterocycles. The number of hydrogen-bond acceptors (Lipinski definition) is 4. The van der Waals surface area contributed by atoms with Crippen LogP contribution >= 0.6 is 0 Å². The van der Waals surface area contributed by atoms with Gasteiger partial charge in [-0.1, -0.05) is 20.8 Å². The minimum Gasteiger partial charge on any atom is -0.383 e. The smallest absolute Gasteiger partial charge is 0.229 e. The fourth-order valence-electron chi connectivity index (χ4n) is 1.90. The zero-order chi connectivity index (χ0) is 16.5. The quantitative estimate of drug-likeness (QED) is 0.873. The zero-order valence-electron chi connectivity index (χ0n) is 13.6. The standard InChI is InChI=1S/C16H24N2O3S/c1-16(2,3)15(19)18-14-9-12(22(4,20)21)7-8-13(14)17-10-11-5-6-11/h7-9,11,17H,5-6,10H2,1-4H3,(H,18,19). The summed E-state index contributed by atoms with van der Waals surface area (Å²) < 4.78 is 23.4. The lowest BCUT2D eigenvalue weighted by Crippen LogP contribution is -2.28. The van der Waals surface area contributed by atoms with Gasteiger partial charge in [-0.3, -0.25) is 4.79 Å². The second-order valence-corrected chi connectivity index (χ2v) is 9.02. The van der Waals surface area contributed by atoms with E-state index in [1.807, 2.05) is 20.8 Å². The first-order valence-corrected chi connectivity index (χ1v) is 9.36. The summed E-state index contributed by atoms with van der Waals surface area (Å²) in [6.45, 7) is 6.30. The van der Waals surface area contributed by atoms with Gasteiger partial charge in [-0.2, -0.15) is 0 Å². The topological polar surface area (TPSA) is 75.3 Å². The maximum atomic E-state index is 12.2. The Hall–Kier alpha value is -1.56. The van der Waals surface area contributed by atoms with Crippen LogP contribution in [-0.4, -0.2) is 27.1 Å². The van der Waals surface area contributed by atoms with Crippen LogP contribution in [0.4, 0.5) is 11.4 Å². The van der Waals surface area contributed by atoms with Crippen LogP contribution in [0.2, 0.25) is 0 Å². The molecule has 2 rings (SSSR count). The van der Waals surface area contributed by atoms with Crippen molar-refractivity contribution in [2.45, 2.75) is 38.5 Å². The highest BCUT2D eigenvalue weighted by molar-refractivity contribution is 7.90. The van der Waals surface area contributed by atoms with E-state index in [4.69, 9.17) is 0 Å². The third-order valence-electron chi connectivity index (χ3n) is 3.63. The molecule has 1 aromatic carbocycles. The fraction of sp³-hybridized carbons (Fsp3) is 0.562. The summed E-state index contributed by atoms with van der Waals surface area (Å²) in [4.78, 5) is 12.4. The molecule has 22 heavy (non-hydrogen) atoms. The highest BCUT2D eigenvalue weighted by atomic mass is 32.2. The van der Waals surface area contributed by atoms with Crippen molar-refractivity contribution in [2.75, 3.05) is 23.4 Å². The molecule has 1 saturated carbocycles. The van der Waals surface area contributed by atoms with Crippen LogP contribution in [0.3, 0.4) is 0 Å². The van der Waals surface area contributed by atoms with Gasteiger partial charge in [0, 0.05) is 18.2 Å². The van der Waals surface area contributed by atoms with E-state index in [9.17, 15) is 13.2 Å². The molecular weight excluding hydrogens is 300 g/mol. The molecule has 1 aromatic rings. The van der Waals surface area contributed by atoms with Crippen LogP contribution in [0.1, 0.15) is 33.6 Å². The second-order valence-electron chi connectivity index (χ2n) is 7.01. The largest absolute Gasteiger partial charge is 0.383 e. The van der Waals surface area contributed by atoms with Gasteiger partial charge in [0.1, 0.15) is 0 Å². The minimum atomic E-state index is -3.31. The van der Waals surface area contributed by atoms with E-state index in [0.29, 0.717) is 11.6 Å². The summed E-state index contributed by atoms with van der Waals surface area (Å²) in [5, 5.41) is 6.14. The maximum Gasteiger partial charge on any atom is 0.229 e. The van der Waals surface area contributed by atoms with Crippen LogP contribution in [0.25, 0.3) is 0 Å². The average molecular weight is 324 g/mol. The first-order chi connectivity index (χ1) is 10.1. The van der Waals surface area contributed by atoms with Gasteiger partial charge < -0.3 is 10.6 Å². The molecule has 1 amide bonds. The lowest BCUT2D eigenvalue weighted by Gasteiger charge is -2.20. The van der Waals surface area contributed by atoms with Gasteiger partial charge in [0.25, 0.3) is 0 Å². The zero-order valence-corrected chi connectivity index (χ0v) is 14.4. The van der Waals surface area contributed by atoms with Crippen molar-refractivity contribution in [2.24, 2.45) is 11.3 Å². The van der Waals surface area contributed by atoms with E-state index in [0.717, 1.165) is 18.5 Å². The molecule has 1 aliphatic rings. The van der Waals surface area contributed by atoms with Gasteiger partial charge in [-0.15, -0.1) is 0 Å². The number of benzene rings is 1. The van der Waals surface area contributed by atoms with Crippen molar-refractivity contribution in [3.05, 3.63) is 18.2 Å². The summed E-state index contributed by atoms with van der Waals surface area (Å²) in [6, 6.07) is 4.81. The number of rotatable bonds is 5. The highest BCUT2D eigenvalue weighted by Crippen LogP contribution is 2.32. The molecule has 5 nitrogen and oxygen atoms in total. The van der Waals surface area contributed by atoms with E-state index in [1.165, 1.54) is 18.9 Å². The van der Waals surface area contributed by atoms with E-state index in [2.05, 4.69) is 10.6 Å². The SMILES string of the molecule is CC(C)(C)C(=O)Nc1cc(S(C)(=O)=O)ccc1NCC1CC1. The first-order valence-electron chi connectivity index (χ1n) is 7.47. The van der Waals surface area contributed by atoms with Gasteiger partial charge in [-0.05, 0) is 37.0 Å². The van der Waals surface area contributed by atoms with Crippen molar-refractivity contribution >= 4 is 27.1 Å². The Morgan fingerprint density at radius 2 is 1.86 bits per heavy atom. The molecule has 0 spiro atoms. The summed E-state index contributed by atoms with van der Waals surface area (Å²) >= 11 is 0. The minimum absolute atomic E-state index is 0.146. The van der Waals surface area contributed by atoms with Gasteiger partial charge >= 0.3 is 0 Å². The molecular formula is C16H24N2O3S. The number of sulfone groups is 1. The van der Waals surface area contributed by atoms with Crippen molar-refractivity contribution in [1.82, 2.24) is 0 Å². The van der Waals surface area contributed by atoms with Crippen LogP contribution in [0, 0.1) is 11.3 Å². The van der Waals surface area contributed by atoms with E-state index < -0.39 is 15.3 Å². The summed E-state index contributed by atoms with van der Waals surface area (Å²) in [6.07, 6.45) is 3.60. The number of nitrogens with one attached hydrogen (secondary N) is 2. The van der Waals surface area contributed by atoms with Crippen molar-refractivity contribution in [3.63, 3.8) is 0 Å². The van der Waals surface area contributed by atoms with Crippen LogP contribution in [-0.2, 0) is 14.6 Å². The molecule has 1 fully saturated rings. The van der Waals surface area contributed by atoms with Gasteiger partial charge in [0.2, 0.25) is 5.91 Å². The monoisotopic (exact) mass is 324 g/mol. The Labute approximate surface area is 132 Å². The van der Waals surface area contributed by atoms with E-state index in [1.54, 1.807) is 12.1 Å². The maximum absolute atomic E-state index is 12.2. The molecule has 1 aliphatic carbocycles. The van der Waals surface area contributed by atoms with Gasteiger partial charge in [0.05, 0.1) is 16.3 Å². The number of carbonyl (C=O) groups excluding carboxylic acids is 1. The van der Waals surface area contributed by atoms with E-state index in [-0.39, 0.29) is 10.8 Å². The molecule has 0 unspecified atom stereocenters. The number of anilines is 2. The third-order valence-corrected chi connectivity index (χ3v) is 4.74. The Bertz CT molecular complexity index is 671. The third kappa shape index (κ3) is 4.47. The molecule has 0 saturated heterocycles. The van der Waals surface area contributed by atoms with Crippen molar-refractivity contribution in [1.29, 1.82) is 0 Å². The van der Waals surface area contributed by atoms with Gasteiger partial charge in [0.15, 0.2) is 9.84 Å². The molecule has 6 heteroatoms. The predicted octanol–water partition coefficient (Wildman–Crippen LogP) is 2.90. The Balaban J connectivity index is 2.29. The molecule has 0 atom stereocenters. The van der Waals surface area contributed by atoms with Crippen LogP contribution in [0.15, 0.2) is 23.1 Å². The summed E-state index contributed by atoms with van der Waals surface area (Å²) in [7, 11) is -3.31. The normalized spacial score (nSPS) is 15.5. The molecule has 122 valence electrons. The Kier molecular flexibility index (Phi) is 4.52. The average Bonchev–Trinajstić information content (AvgIpc) is 3.18. The van der Waals surface area contributed by atoms with E-state index >= 15 is 0 Å². The number of hydrogen-bond donors (Lipinski definition) is 2. The molecule has 2 N–H and O–H groups in total. The summed E-state index contributed by atoms with van der Waals surface area (Å²) in [5.41, 5.74) is 0.731. The lowest BCUT2D eigenvalue weighted by molar-refractivity contribution is -0.123. The number of carbonyl (C=O) groups is 1. The molecule has 0 aliphatic heterocycles. The molecule has 0 aromatic heterocycles. The Morgan fingerprint density at radius 1 is 1.23 bits per heavy atom. The Morgan fingerprint density at radius 3 is 2.36 bits per heavy atom.